The summed E-state index contributed by atoms with van der Waals surface area (Å²) in [7, 11) is 0. The van der Waals surface area contributed by atoms with Gasteiger partial charge in [-0.1, -0.05) is 30.9 Å². The summed E-state index contributed by atoms with van der Waals surface area (Å²) in [5.74, 6) is 0.970. The number of carbonyl (C=O) groups is 1. The van der Waals surface area contributed by atoms with Crippen LogP contribution in [0.4, 0.5) is 0 Å². The molecule has 2 heterocycles. The molecule has 1 amide bonds. The highest BCUT2D eigenvalue weighted by Gasteiger charge is 2.38. The lowest BCUT2D eigenvalue weighted by Crippen LogP contribution is -2.62. The van der Waals surface area contributed by atoms with E-state index in [0.717, 1.165) is 34.9 Å². The molecule has 1 aliphatic carbocycles. The largest absolute Gasteiger partial charge is 0.489 e. The molecule has 0 spiro atoms. The van der Waals surface area contributed by atoms with Gasteiger partial charge in [-0.3, -0.25) is 9.59 Å². The van der Waals surface area contributed by atoms with E-state index >= 15 is 0 Å². The number of ether oxygens (including phenoxy) is 1. The first-order valence-electron chi connectivity index (χ1n) is 13.0. The monoisotopic (exact) mass is 510 g/mol. The Kier molecular flexibility index (Phi) is 6.61. The van der Waals surface area contributed by atoms with Gasteiger partial charge in [0, 0.05) is 51.3 Å². The summed E-state index contributed by atoms with van der Waals surface area (Å²) in [5.41, 5.74) is 3.20. The third-order valence-corrected chi connectivity index (χ3v) is 7.00. The van der Waals surface area contributed by atoms with Gasteiger partial charge in [0.25, 0.3) is 5.91 Å². The minimum Gasteiger partial charge on any atom is -0.489 e. The summed E-state index contributed by atoms with van der Waals surface area (Å²) in [4.78, 5) is 26.0. The molecule has 0 aromatic heterocycles. The van der Waals surface area contributed by atoms with Crippen LogP contribution < -0.4 is 20.8 Å². The van der Waals surface area contributed by atoms with Gasteiger partial charge in [-0.15, -0.1) is 0 Å². The van der Waals surface area contributed by atoms with Crippen LogP contribution in [0, 0.1) is 0 Å². The van der Waals surface area contributed by atoms with Gasteiger partial charge in [0.15, 0.2) is 5.43 Å². The van der Waals surface area contributed by atoms with Crippen molar-refractivity contribution < 1.29 is 13.9 Å². The fraction of sp³-hybridized carbons (Fsp3) is 0.312. The predicted molar refractivity (Wildman–Crippen MR) is 152 cm³/mol. The number of benzene rings is 3. The molecule has 2 N–H and O–H groups in total. The molecule has 5 rings (SSSR count). The van der Waals surface area contributed by atoms with E-state index in [2.05, 4.69) is 44.9 Å². The van der Waals surface area contributed by atoms with Crippen LogP contribution in [-0.2, 0) is 0 Å². The highest BCUT2D eigenvalue weighted by Crippen LogP contribution is 2.42. The number of piperidine rings is 1. The van der Waals surface area contributed by atoms with E-state index in [-0.39, 0.29) is 28.5 Å². The SMILES string of the molecule is C=CCOc1ccc2c(-c3ccccc3C(=O)NC3CC(C)(C)NC(C)(C)C3)c3ccc(=O)cc-3oc2c1. The van der Waals surface area contributed by atoms with Crippen molar-refractivity contribution in [2.75, 3.05) is 6.61 Å². The van der Waals surface area contributed by atoms with Gasteiger partial charge >= 0.3 is 0 Å². The van der Waals surface area contributed by atoms with Gasteiger partial charge in [-0.2, -0.15) is 0 Å². The van der Waals surface area contributed by atoms with E-state index in [9.17, 15) is 9.59 Å². The molecule has 3 aliphatic rings. The van der Waals surface area contributed by atoms with Crippen molar-refractivity contribution in [1.82, 2.24) is 10.6 Å². The maximum absolute atomic E-state index is 13.8. The molecular formula is C32H34N2O4. The first-order valence-corrected chi connectivity index (χ1v) is 13.0. The molecule has 1 fully saturated rings. The van der Waals surface area contributed by atoms with Gasteiger partial charge in [0.05, 0.1) is 0 Å². The third-order valence-electron chi connectivity index (χ3n) is 7.00. The number of nitrogens with one attached hydrogen (secondary N) is 2. The Morgan fingerprint density at radius 3 is 2.53 bits per heavy atom. The lowest BCUT2D eigenvalue weighted by Gasteiger charge is -2.46. The smallest absolute Gasteiger partial charge is 0.252 e. The van der Waals surface area contributed by atoms with Crippen LogP contribution in [0.25, 0.3) is 33.4 Å². The number of hydrogen-bond acceptors (Lipinski definition) is 5. The van der Waals surface area contributed by atoms with Crippen LogP contribution in [-0.4, -0.2) is 29.6 Å². The molecule has 1 saturated heterocycles. The Hall–Kier alpha value is -3.90. The van der Waals surface area contributed by atoms with Crippen molar-refractivity contribution in [3.8, 4) is 28.2 Å². The Labute approximate surface area is 223 Å². The average molecular weight is 511 g/mol. The third kappa shape index (κ3) is 5.22. The second-order valence-corrected chi connectivity index (χ2v) is 11.4. The van der Waals surface area contributed by atoms with Crippen molar-refractivity contribution in [3.63, 3.8) is 0 Å². The van der Waals surface area contributed by atoms with E-state index in [1.807, 2.05) is 36.4 Å². The zero-order valence-electron chi connectivity index (χ0n) is 22.4. The normalized spacial score (nSPS) is 16.8. The molecule has 0 saturated carbocycles. The summed E-state index contributed by atoms with van der Waals surface area (Å²) in [6.45, 7) is 12.7. The van der Waals surface area contributed by atoms with Crippen LogP contribution >= 0.6 is 0 Å². The molecule has 2 aromatic carbocycles. The van der Waals surface area contributed by atoms with Crippen LogP contribution in [0.1, 0.15) is 50.9 Å². The fourth-order valence-electron chi connectivity index (χ4n) is 5.97. The highest BCUT2D eigenvalue weighted by molar-refractivity contribution is 6.09. The Bertz CT molecular complexity index is 1530. The van der Waals surface area contributed by atoms with Crippen molar-refractivity contribution in [3.05, 3.63) is 89.1 Å². The van der Waals surface area contributed by atoms with E-state index in [1.165, 1.54) is 12.1 Å². The molecule has 6 nitrogen and oxygen atoms in total. The van der Waals surface area contributed by atoms with Crippen molar-refractivity contribution in [1.29, 1.82) is 0 Å². The molecule has 2 aromatic rings. The molecule has 2 aliphatic heterocycles. The van der Waals surface area contributed by atoms with Gasteiger partial charge in [0.1, 0.15) is 23.7 Å². The number of carbonyl (C=O) groups excluding carboxylic acids is 1. The van der Waals surface area contributed by atoms with E-state index < -0.39 is 0 Å². The maximum atomic E-state index is 13.8. The second-order valence-electron chi connectivity index (χ2n) is 11.4. The molecule has 6 heteroatoms. The highest BCUT2D eigenvalue weighted by atomic mass is 16.5. The Balaban J connectivity index is 1.62. The minimum atomic E-state index is -0.146. The molecule has 0 unspecified atom stereocenters. The summed E-state index contributed by atoms with van der Waals surface area (Å²) in [6, 6.07) is 18.0. The first kappa shape index (κ1) is 25.7. The topological polar surface area (TPSA) is 80.6 Å². The zero-order valence-corrected chi connectivity index (χ0v) is 22.4. The molecule has 0 radical (unpaired) electrons. The van der Waals surface area contributed by atoms with Gasteiger partial charge in [-0.25, -0.2) is 0 Å². The van der Waals surface area contributed by atoms with Crippen molar-refractivity contribution in [2.24, 2.45) is 0 Å². The standard InChI is InChI=1S/C32H34N2O4/c1-6-15-37-22-12-14-26-28(17-22)38-27-16-21(35)11-13-25(27)29(26)23-9-7-8-10-24(23)30(36)33-20-18-31(2,3)34-32(4,5)19-20/h6-14,16-17,20,34H,1,15,18-19H2,2-5H3,(H,33,36). The molecule has 0 atom stereocenters. The zero-order chi connectivity index (χ0) is 27.1. The second kappa shape index (κ2) is 9.76. The summed E-state index contributed by atoms with van der Waals surface area (Å²) >= 11 is 0. The van der Waals surface area contributed by atoms with Crippen LogP contribution in [0.2, 0.25) is 0 Å². The maximum Gasteiger partial charge on any atom is 0.252 e. The van der Waals surface area contributed by atoms with Crippen molar-refractivity contribution in [2.45, 2.75) is 57.7 Å². The number of amides is 1. The number of hydrogen-bond donors (Lipinski definition) is 2. The Morgan fingerprint density at radius 1 is 1.05 bits per heavy atom. The molecule has 38 heavy (non-hydrogen) atoms. The van der Waals surface area contributed by atoms with Crippen LogP contribution in [0.15, 0.2) is 82.5 Å². The summed E-state index contributed by atoms with van der Waals surface area (Å²) < 4.78 is 11.9. The van der Waals surface area contributed by atoms with Crippen LogP contribution in [0.5, 0.6) is 5.75 Å². The first-order chi connectivity index (χ1) is 18.0. The molecular weight excluding hydrogens is 476 g/mol. The van der Waals surface area contributed by atoms with Crippen LogP contribution in [0.3, 0.4) is 0 Å². The average Bonchev–Trinajstić information content (AvgIpc) is 2.83. The lowest BCUT2D eigenvalue weighted by molar-refractivity contribution is 0.0874. The Morgan fingerprint density at radius 2 is 1.79 bits per heavy atom. The van der Waals surface area contributed by atoms with Crippen molar-refractivity contribution >= 4 is 16.9 Å². The quantitative estimate of drug-likeness (QED) is 0.240. The van der Waals surface area contributed by atoms with E-state index in [1.54, 1.807) is 18.2 Å². The van der Waals surface area contributed by atoms with E-state index in [4.69, 9.17) is 9.15 Å². The summed E-state index contributed by atoms with van der Waals surface area (Å²) in [6.07, 6.45) is 3.34. The predicted octanol–water partition coefficient (Wildman–Crippen LogP) is 6.17. The fourth-order valence-corrected chi connectivity index (χ4v) is 5.97. The number of rotatable bonds is 6. The molecule has 196 valence electrons. The molecule has 0 bridgehead atoms. The van der Waals surface area contributed by atoms with E-state index in [0.29, 0.717) is 29.3 Å². The van der Waals surface area contributed by atoms with Gasteiger partial charge in [-0.05, 0) is 76.4 Å². The van der Waals surface area contributed by atoms with Gasteiger partial charge in [0.2, 0.25) is 0 Å². The summed E-state index contributed by atoms with van der Waals surface area (Å²) in [5, 5.41) is 7.81. The minimum absolute atomic E-state index is 0.0358. The van der Waals surface area contributed by atoms with Gasteiger partial charge < -0.3 is 19.8 Å². The lowest BCUT2D eigenvalue weighted by atomic mass is 9.79. The number of fused-ring (bicyclic) bond motifs is 2.